The first-order chi connectivity index (χ1) is 16.9. The van der Waals surface area contributed by atoms with E-state index >= 15 is 0 Å². The lowest BCUT2D eigenvalue weighted by Crippen LogP contribution is -2.52. The second-order valence-corrected chi connectivity index (χ2v) is 8.51. The van der Waals surface area contributed by atoms with Crippen molar-refractivity contribution in [2.24, 2.45) is 0 Å². The van der Waals surface area contributed by atoms with Crippen LogP contribution in [0.3, 0.4) is 0 Å². The smallest absolute Gasteiger partial charge is 0.277 e. The Labute approximate surface area is 199 Å². The van der Waals surface area contributed by atoms with Crippen molar-refractivity contribution < 1.29 is 24.3 Å². The molecule has 5 rings (SSSR count). The summed E-state index contributed by atoms with van der Waals surface area (Å²) >= 11 is 0. The van der Waals surface area contributed by atoms with E-state index in [0.29, 0.717) is 22.5 Å². The first-order valence-electron chi connectivity index (χ1n) is 11.1. The second-order valence-electron chi connectivity index (χ2n) is 8.51. The van der Waals surface area contributed by atoms with Gasteiger partial charge in [0.15, 0.2) is 5.69 Å². The summed E-state index contributed by atoms with van der Waals surface area (Å²) in [7, 11) is 0. The monoisotopic (exact) mass is 474 g/mol. The van der Waals surface area contributed by atoms with E-state index in [2.05, 4.69) is 20.9 Å². The van der Waals surface area contributed by atoms with Crippen LogP contribution in [0.5, 0.6) is 0 Å². The lowest BCUT2D eigenvalue weighted by Gasteiger charge is -2.29. The third-order valence-electron chi connectivity index (χ3n) is 6.27. The Morgan fingerprint density at radius 1 is 1.23 bits per heavy atom. The number of benzene rings is 2. The molecule has 3 aromatic rings. The largest absolute Gasteiger partial charge is 0.392 e. The molecule has 11 nitrogen and oxygen atoms in total. The summed E-state index contributed by atoms with van der Waals surface area (Å²) in [6, 6.07) is 9.82. The van der Waals surface area contributed by atoms with Crippen molar-refractivity contribution in [2.75, 3.05) is 5.32 Å². The average molecular weight is 474 g/mol. The number of aryl methyl sites for hydroxylation is 1. The van der Waals surface area contributed by atoms with Crippen LogP contribution in [0.2, 0.25) is 0 Å². The average Bonchev–Trinajstić information content (AvgIpc) is 3.46. The highest BCUT2D eigenvalue weighted by Gasteiger charge is 2.39. The fourth-order valence-electron chi connectivity index (χ4n) is 4.40. The number of nitrogens with zero attached hydrogens (tertiary/aromatic N) is 4. The molecule has 1 unspecified atom stereocenters. The molecule has 1 saturated heterocycles. The lowest BCUT2D eigenvalue weighted by molar-refractivity contribution is -0.136. The lowest BCUT2D eigenvalue weighted by atomic mass is 10.0. The van der Waals surface area contributed by atoms with E-state index in [9.17, 15) is 24.3 Å². The summed E-state index contributed by atoms with van der Waals surface area (Å²) in [6.07, 6.45) is 1.93. The molecule has 0 bridgehead atoms. The molecule has 1 atom stereocenters. The van der Waals surface area contributed by atoms with Crippen molar-refractivity contribution in [2.45, 2.75) is 39.0 Å². The molecule has 2 aromatic carbocycles. The maximum absolute atomic E-state index is 13.0. The van der Waals surface area contributed by atoms with E-state index in [-0.39, 0.29) is 43.5 Å². The van der Waals surface area contributed by atoms with Crippen LogP contribution in [0, 0.1) is 6.92 Å². The number of amides is 4. The quantitative estimate of drug-likeness (QED) is 0.469. The van der Waals surface area contributed by atoms with E-state index in [4.69, 9.17) is 0 Å². The van der Waals surface area contributed by atoms with E-state index in [1.54, 1.807) is 30.3 Å². The molecule has 2 aliphatic rings. The van der Waals surface area contributed by atoms with Gasteiger partial charge in [0.1, 0.15) is 6.04 Å². The van der Waals surface area contributed by atoms with Crippen molar-refractivity contribution in [3.63, 3.8) is 0 Å². The minimum Gasteiger partial charge on any atom is -0.392 e. The summed E-state index contributed by atoms with van der Waals surface area (Å²) in [5.41, 5.74) is 3.69. The Bertz CT molecular complexity index is 1380. The first kappa shape index (κ1) is 22.4. The van der Waals surface area contributed by atoms with Gasteiger partial charge >= 0.3 is 0 Å². The van der Waals surface area contributed by atoms with Gasteiger partial charge in [0.25, 0.3) is 11.8 Å². The van der Waals surface area contributed by atoms with Crippen molar-refractivity contribution in [3.05, 3.63) is 70.5 Å². The summed E-state index contributed by atoms with van der Waals surface area (Å²) < 4.78 is 1.39. The van der Waals surface area contributed by atoms with E-state index in [1.165, 1.54) is 15.8 Å². The molecule has 35 heavy (non-hydrogen) atoms. The summed E-state index contributed by atoms with van der Waals surface area (Å²) in [5, 5.41) is 22.6. The highest BCUT2D eigenvalue weighted by atomic mass is 16.3. The summed E-state index contributed by atoms with van der Waals surface area (Å²) in [4.78, 5) is 51.0. The highest BCUT2D eigenvalue weighted by Crippen LogP contribution is 2.29. The van der Waals surface area contributed by atoms with Crippen LogP contribution in [0.4, 0.5) is 5.69 Å². The fraction of sp³-hybridized carbons (Fsp3) is 0.250. The Morgan fingerprint density at radius 3 is 2.83 bits per heavy atom. The molecule has 4 amide bonds. The molecule has 1 aromatic heterocycles. The molecule has 0 aliphatic carbocycles. The molecular formula is C24H22N6O5. The molecular weight excluding hydrogens is 452 g/mol. The molecule has 3 heterocycles. The predicted molar refractivity (Wildman–Crippen MR) is 122 cm³/mol. The number of para-hydroxylation sites is 1. The van der Waals surface area contributed by atoms with Crippen molar-refractivity contribution in [1.82, 2.24) is 25.2 Å². The number of hydrogen-bond donors (Lipinski definition) is 3. The number of fused-ring (bicyclic) bond motifs is 1. The highest BCUT2D eigenvalue weighted by molar-refractivity contribution is 6.06. The number of piperidine rings is 1. The summed E-state index contributed by atoms with van der Waals surface area (Å²) in [5.74, 6) is -1.58. The number of imide groups is 1. The number of carbonyl (C=O) groups excluding carboxylic acids is 4. The van der Waals surface area contributed by atoms with Gasteiger partial charge in [-0.3, -0.25) is 24.5 Å². The maximum atomic E-state index is 13.0. The van der Waals surface area contributed by atoms with Gasteiger partial charge in [-0.1, -0.05) is 29.5 Å². The molecule has 0 radical (unpaired) electrons. The number of anilines is 1. The van der Waals surface area contributed by atoms with Crippen LogP contribution < -0.4 is 10.6 Å². The molecule has 0 spiro atoms. The zero-order chi connectivity index (χ0) is 24.7. The number of aliphatic hydroxyl groups is 1. The fourth-order valence-corrected chi connectivity index (χ4v) is 4.40. The van der Waals surface area contributed by atoms with Gasteiger partial charge in [0.2, 0.25) is 11.8 Å². The van der Waals surface area contributed by atoms with Crippen molar-refractivity contribution in [3.8, 4) is 5.69 Å². The molecule has 3 N–H and O–H groups in total. The van der Waals surface area contributed by atoms with Crippen molar-refractivity contribution >= 4 is 29.3 Å². The van der Waals surface area contributed by atoms with Gasteiger partial charge in [0.05, 0.1) is 18.5 Å². The van der Waals surface area contributed by atoms with Crippen LogP contribution in [-0.4, -0.2) is 54.7 Å². The number of carbonyl (C=O) groups is 4. The van der Waals surface area contributed by atoms with Crippen molar-refractivity contribution in [1.29, 1.82) is 0 Å². The van der Waals surface area contributed by atoms with E-state index in [1.807, 2.05) is 13.0 Å². The minimum absolute atomic E-state index is 0.0640. The number of rotatable bonds is 5. The number of aromatic nitrogens is 3. The topological polar surface area (TPSA) is 147 Å². The molecule has 178 valence electrons. The number of nitrogens with one attached hydrogen (secondary N) is 2. The normalized spacial score (nSPS) is 17.4. The van der Waals surface area contributed by atoms with Gasteiger partial charge in [-0.25, -0.2) is 4.68 Å². The first-order valence-corrected chi connectivity index (χ1v) is 11.1. The Morgan fingerprint density at radius 2 is 2.06 bits per heavy atom. The van der Waals surface area contributed by atoms with Crippen LogP contribution in [-0.2, 0) is 22.7 Å². The van der Waals surface area contributed by atoms with Crippen LogP contribution >= 0.6 is 0 Å². The van der Waals surface area contributed by atoms with Gasteiger partial charge in [0, 0.05) is 29.8 Å². The van der Waals surface area contributed by atoms with Crippen LogP contribution in [0.1, 0.15) is 50.4 Å². The molecule has 11 heteroatoms. The van der Waals surface area contributed by atoms with Gasteiger partial charge in [-0.15, -0.1) is 5.10 Å². The molecule has 1 fully saturated rings. The SMILES string of the molecule is Cc1cccc(CO)c1NC(=O)c1cn(-c2ccc3c(c2)C(=O)N(C2CCC(=O)NC2=O)C3)nn1. The van der Waals surface area contributed by atoms with E-state index < -0.39 is 17.9 Å². The Hall–Kier alpha value is -4.38. The Kier molecular flexibility index (Phi) is 5.61. The zero-order valence-electron chi connectivity index (χ0n) is 18.8. The number of aliphatic hydroxyl groups excluding tert-OH is 1. The number of hydrogen-bond acceptors (Lipinski definition) is 7. The summed E-state index contributed by atoms with van der Waals surface area (Å²) in [6.45, 7) is 1.88. The second kappa shape index (κ2) is 8.76. The minimum atomic E-state index is -0.692. The van der Waals surface area contributed by atoms with Gasteiger partial charge in [-0.05, 0) is 36.6 Å². The molecule has 2 aliphatic heterocycles. The third-order valence-corrected chi connectivity index (χ3v) is 6.27. The van der Waals surface area contributed by atoms with Gasteiger partial charge in [-0.2, -0.15) is 0 Å². The van der Waals surface area contributed by atoms with Crippen LogP contribution in [0.15, 0.2) is 42.6 Å². The predicted octanol–water partition coefficient (Wildman–Crippen LogP) is 1.08. The Balaban J connectivity index is 1.35. The standard InChI is InChI=1S/C24H22N6O5/c1-13-3-2-4-15(12-31)21(13)26-22(33)18-11-30(28-27-18)16-6-5-14-10-29(24(35)17(14)9-16)19-7-8-20(32)25-23(19)34/h2-6,9,11,19,31H,7-8,10,12H2,1H3,(H,26,33)(H,25,32,34). The van der Waals surface area contributed by atoms with Gasteiger partial charge < -0.3 is 15.3 Å². The zero-order valence-corrected chi connectivity index (χ0v) is 18.8. The van der Waals surface area contributed by atoms with Crippen LogP contribution in [0.25, 0.3) is 5.69 Å². The maximum Gasteiger partial charge on any atom is 0.277 e. The van der Waals surface area contributed by atoms with E-state index in [0.717, 1.165) is 11.1 Å². The molecule has 0 saturated carbocycles. The third kappa shape index (κ3) is 4.06.